The van der Waals surface area contributed by atoms with E-state index in [0.717, 1.165) is 19.3 Å². The minimum atomic E-state index is -3.20. The molecule has 1 aromatic carbocycles. The summed E-state index contributed by atoms with van der Waals surface area (Å²) in [7, 11) is -3.20. The Balaban J connectivity index is 0.00000420. The summed E-state index contributed by atoms with van der Waals surface area (Å²) in [4.78, 5) is 4.56. The van der Waals surface area contributed by atoms with Crippen LogP contribution in [0.4, 0.5) is 4.39 Å². The van der Waals surface area contributed by atoms with E-state index in [2.05, 4.69) is 15.6 Å². The first-order chi connectivity index (χ1) is 13.3. The van der Waals surface area contributed by atoms with E-state index in [-0.39, 0.29) is 41.9 Å². The molecule has 2 atom stereocenters. The van der Waals surface area contributed by atoms with Crippen LogP contribution in [0.15, 0.2) is 29.3 Å². The second-order valence-electron chi connectivity index (χ2n) is 6.88. The number of guanidine groups is 1. The van der Waals surface area contributed by atoms with Crippen molar-refractivity contribution in [3.63, 3.8) is 0 Å². The molecule has 2 rings (SSSR count). The molecule has 1 aliphatic rings. The summed E-state index contributed by atoms with van der Waals surface area (Å²) in [6, 6.07) is 6.00. The Bertz CT molecular complexity index is 764. The molecular weight excluding hydrogens is 510 g/mol. The van der Waals surface area contributed by atoms with Gasteiger partial charge < -0.3 is 15.4 Å². The maximum absolute atomic E-state index is 13.3. The van der Waals surface area contributed by atoms with Gasteiger partial charge in [-0.2, -0.15) is 4.31 Å². The predicted molar refractivity (Wildman–Crippen MR) is 125 cm³/mol. The highest BCUT2D eigenvalue weighted by Crippen LogP contribution is 2.19. The lowest BCUT2D eigenvalue weighted by atomic mass is 10.2. The molecule has 0 aromatic heterocycles. The highest BCUT2D eigenvalue weighted by molar-refractivity contribution is 14.0. The summed E-state index contributed by atoms with van der Waals surface area (Å²) in [5, 5.41) is 6.40. The van der Waals surface area contributed by atoms with Crippen molar-refractivity contribution < 1.29 is 17.5 Å². The predicted octanol–water partition coefficient (Wildman–Crippen LogP) is 2.58. The maximum atomic E-state index is 13.3. The first-order valence-corrected chi connectivity index (χ1v) is 11.6. The second kappa shape index (κ2) is 12.5. The Hall–Kier alpha value is -1.14. The van der Waals surface area contributed by atoms with Gasteiger partial charge in [0.2, 0.25) is 10.0 Å². The van der Waals surface area contributed by atoms with Crippen LogP contribution >= 0.6 is 24.0 Å². The van der Waals surface area contributed by atoms with Crippen molar-refractivity contribution in [1.29, 1.82) is 0 Å². The van der Waals surface area contributed by atoms with Crippen molar-refractivity contribution in [2.75, 3.05) is 32.4 Å². The highest BCUT2D eigenvalue weighted by atomic mass is 127. The highest BCUT2D eigenvalue weighted by Gasteiger charge is 2.31. The monoisotopic (exact) mass is 542 g/mol. The van der Waals surface area contributed by atoms with Gasteiger partial charge in [0.1, 0.15) is 17.7 Å². The van der Waals surface area contributed by atoms with Crippen molar-refractivity contribution in [3.05, 3.63) is 30.1 Å². The van der Waals surface area contributed by atoms with Gasteiger partial charge in [-0.3, -0.25) is 0 Å². The summed E-state index contributed by atoms with van der Waals surface area (Å²) in [5.41, 5.74) is 0. The van der Waals surface area contributed by atoms with Crippen molar-refractivity contribution in [3.8, 4) is 5.75 Å². The number of hydrogen-bond donors (Lipinski definition) is 2. The lowest BCUT2D eigenvalue weighted by Gasteiger charge is -2.23. The Morgan fingerprint density at radius 1 is 1.38 bits per heavy atom. The Kier molecular flexibility index (Phi) is 11.2. The quantitative estimate of drug-likeness (QED) is 0.285. The van der Waals surface area contributed by atoms with Gasteiger partial charge in [0.05, 0.1) is 12.8 Å². The first kappa shape index (κ1) is 25.9. The molecule has 1 saturated heterocycles. The number of nitrogens with one attached hydrogen (secondary N) is 2. The normalized spacial score (nSPS) is 18.8. The standard InChI is InChI=1S/C19H31FN4O3S.HI/c1-4-17(27-18-10-6-8-15(20)12-18)14-23-19(21-5-2)22-13-16-9-7-11-24(16)28(3,25)26;/h6,8,10,12,16-17H,4-5,7,9,11,13-14H2,1-3H3,(H2,21,22,23);1H/t16-,17?;/m1./s1. The third-order valence-corrected chi connectivity index (χ3v) is 5.94. The lowest BCUT2D eigenvalue weighted by Crippen LogP contribution is -2.46. The molecule has 0 aliphatic carbocycles. The van der Waals surface area contributed by atoms with Crippen LogP contribution in [0, 0.1) is 5.82 Å². The summed E-state index contributed by atoms with van der Waals surface area (Å²) in [6.07, 6.45) is 3.49. The fourth-order valence-electron chi connectivity index (χ4n) is 3.18. The average molecular weight is 542 g/mol. The molecule has 1 heterocycles. The molecule has 29 heavy (non-hydrogen) atoms. The van der Waals surface area contributed by atoms with Crippen LogP contribution in [0.1, 0.15) is 33.1 Å². The topological polar surface area (TPSA) is 83.0 Å². The molecular formula is C19H32FIN4O3S. The van der Waals surface area contributed by atoms with Gasteiger partial charge >= 0.3 is 0 Å². The van der Waals surface area contributed by atoms with Crippen molar-refractivity contribution >= 4 is 40.0 Å². The largest absolute Gasteiger partial charge is 0.488 e. The number of ether oxygens (including phenoxy) is 1. The van der Waals surface area contributed by atoms with Gasteiger partial charge in [0.25, 0.3) is 0 Å². The van der Waals surface area contributed by atoms with Gasteiger partial charge in [-0.05, 0) is 38.3 Å². The van der Waals surface area contributed by atoms with E-state index in [9.17, 15) is 12.8 Å². The van der Waals surface area contributed by atoms with E-state index >= 15 is 0 Å². The van der Waals surface area contributed by atoms with E-state index in [1.807, 2.05) is 13.8 Å². The second-order valence-corrected chi connectivity index (χ2v) is 8.81. The van der Waals surface area contributed by atoms with Gasteiger partial charge in [0.15, 0.2) is 5.96 Å². The lowest BCUT2D eigenvalue weighted by molar-refractivity contribution is 0.205. The van der Waals surface area contributed by atoms with Crippen molar-refractivity contribution in [2.45, 2.75) is 45.3 Å². The van der Waals surface area contributed by atoms with Crippen LogP contribution in [0.2, 0.25) is 0 Å². The number of nitrogens with zero attached hydrogens (tertiary/aromatic N) is 2. The van der Waals surface area contributed by atoms with Crippen LogP contribution in [0.3, 0.4) is 0 Å². The number of aliphatic imine (C=N–C) groups is 1. The van der Waals surface area contributed by atoms with Crippen molar-refractivity contribution in [1.82, 2.24) is 14.9 Å². The molecule has 0 saturated carbocycles. The first-order valence-electron chi connectivity index (χ1n) is 9.74. The van der Waals surface area contributed by atoms with Gasteiger partial charge in [-0.15, -0.1) is 24.0 Å². The Morgan fingerprint density at radius 3 is 2.76 bits per heavy atom. The minimum absolute atomic E-state index is 0. The zero-order valence-corrected chi connectivity index (χ0v) is 20.4. The molecule has 0 radical (unpaired) electrons. The number of hydrogen-bond acceptors (Lipinski definition) is 4. The van der Waals surface area contributed by atoms with Crippen LogP contribution in [-0.4, -0.2) is 63.3 Å². The van der Waals surface area contributed by atoms with Gasteiger partial charge in [0, 0.05) is 31.7 Å². The van der Waals surface area contributed by atoms with Crippen molar-refractivity contribution in [2.24, 2.45) is 4.99 Å². The Labute approximate surface area is 190 Å². The Morgan fingerprint density at radius 2 is 2.14 bits per heavy atom. The van der Waals surface area contributed by atoms with Crippen LogP contribution in [0.25, 0.3) is 0 Å². The van der Waals surface area contributed by atoms with Crippen LogP contribution in [0.5, 0.6) is 5.75 Å². The zero-order valence-electron chi connectivity index (χ0n) is 17.2. The fourth-order valence-corrected chi connectivity index (χ4v) is 4.36. The summed E-state index contributed by atoms with van der Waals surface area (Å²) in [5.74, 6) is 0.761. The molecule has 1 fully saturated rings. The smallest absolute Gasteiger partial charge is 0.211 e. The van der Waals surface area contributed by atoms with E-state index in [1.54, 1.807) is 16.4 Å². The summed E-state index contributed by atoms with van der Waals surface area (Å²) >= 11 is 0. The molecule has 0 bridgehead atoms. The van der Waals surface area contributed by atoms with E-state index in [4.69, 9.17) is 4.74 Å². The summed E-state index contributed by atoms with van der Waals surface area (Å²) < 4.78 is 44.4. The molecule has 7 nitrogen and oxygen atoms in total. The molecule has 10 heteroatoms. The molecule has 1 unspecified atom stereocenters. The summed E-state index contributed by atoms with van der Waals surface area (Å²) in [6.45, 7) is 6.12. The van der Waals surface area contributed by atoms with Gasteiger partial charge in [-0.25, -0.2) is 17.8 Å². The van der Waals surface area contributed by atoms with E-state index in [0.29, 0.717) is 37.9 Å². The maximum Gasteiger partial charge on any atom is 0.211 e. The third-order valence-electron chi connectivity index (χ3n) is 4.61. The zero-order chi connectivity index (χ0) is 20.6. The molecule has 2 N–H and O–H groups in total. The number of sulfonamides is 1. The fraction of sp³-hybridized carbons (Fsp3) is 0.632. The van der Waals surface area contributed by atoms with Crippen LogP contribution < -0.4 is 15.4 Å². The van der Waals surface area contributed by atoms with Gasteiger partial charge in [-0.1, -0.05) is 13.0 Å². The third kappa shape index (κ3) is 8.63. The molecule has 0 spiro atoms. The number of benzene rings is 1. The minimum Gasteiger partial charge on any atom is -0.488 e. The molecule has 1 aliphatic heterocycles. The molecule has 1 aromatic rings. The SMILES string of the molecule is CCNC(=NCC(CC)Oc1cccc(F)c1)NC[C@H]1CCCN1S(C)(=O)=O.I. The van der Waals surface area contributed by atoms with Crippen LogP contribution in [-0.2, 0) is 10.0 Å². The number of halogens is 2. The van der Waals surface area contributed by atoms with E-state index < -0.39 is 10.0 Å². The number of rotatable bonds is 9. The average Bonchev–Trinajstić information content (AvgIpc) is 3.12. The van der Waals surface area contributed by atoms with E-state index in [1.165, 1.54) is 18.4 Å². The molecule has 0 amide bonds. The molecule has 166 valence electrons.